The van der Waals surface area contributed by atoms with Crippen LogP contribution in [0.2, 0.25) is 0 Å². The van der Waals surface area contributed by atoms with E-state index in [1.807, 2.05) is 26.1 Å². The Bertz CT molecular complexity index is 609. The predicted molar refractivity (Wildman–Crippen MR) is 78.5 cm³/mol. The minimum atomic E-state index is 0.762. The van der Waals surface area contributed by atoms with Gasteiger partial charge in [0.25, 0.3) is 0 Å². The lowest BCUT2D eigenvalue weighted by molar-refractivity contribution is 0.410. The molecule has 1 heterocycles. The number of nitrogens with one attached hydrogen (secondary N) is 1. The number of pyridine rings is 1. The highest BCUT2D eigenvalue weighted by Gasteiger charge is 2.17. The zero-order valence-corrected chi connectivity index (χ0v) is 12.1. The monoisotopic (exact) mass is 260 g/mol. The summed E-state index contributed by atoms with van der Waals surface area (Å²) in [4.78, 5) is 4.69. The van der Waals surface area contributed by atoms with Gasteiger partial charge in [0.1, 0.15) is 17.0 Å². The molecule has 0 radical (unpaired) electrons. The first-order valence-corrected chi connectivity index (χ1v) is 6.39. The van der Waals surface area contributed by atoms with Crippen LogP contribution in [0.15, 0.2) is 12.1 Å². The van der Waals surface area contributed by atoms with Gasteiger partial charge in [-0.05, 0) is 31.0 Å². The molecule has 1 aromatic heterocycles. The van der Waals surface area contributed by atoms with E-state index in [-0.39, 0.29) is 0 Å². The number of fused-ring (bicyclic) bond motifs is 1. The first kappa shape index (κ1) is 13.5. The minimum absolute atomic E-state index is 0.762. The summed E-state index contributed by atoms with van der Waals surface area (Å²) in [6, 6.07) is 3.80. The van der Waals surface area contributed by atoms with Crippen molar-refractivity contribution in [2.24, 2.45) is 0 Å². The normalized spacial score (nSPS) is 10.6. The molecular weight excluding hydrogens is 240 g/mol. The number of anilines is 1. The topological polar surface area (TPSA) is 43.4 Å². The van der Waals surface area contributed by atoms with Gasteiger partial charge in [-0.1, -0.05) is 6.92 Å². The van der Waals surface area contributed by atoms with Gasteiger partial charge in [-0.25, -0.2) is 4.98 Å². The second-order valence-electron chi connectivity index (χ2n) is 4.35. The molecule has 0 saturated heterocycles. The van der Waals surface area contributed by atoms with Gasteiger partial charge in [-0.2, -0.15) is 0 Å². The molecule has 0 aliphatic rings. The number of ether oxygens (including phenoxy) is 2. The Morgan fingerprint density at radius 3 is 2.32 bits per heavy atom. The number of aryl methyl sites for hydroxylation is 1. The number of methoxy groups -OCH3 is 2. The second-order valence-corrected chi connectivity index (χ2v) is 4.35. The molecule has 19 heavy (non-hydrogen) atoms. The molecule has 0 fully saturated rings. The number of hydrogen-bond acceptors (Lipinski definition) is 4. The molecule has 0 atom stereocenters. The van der Waals surface area contributed by atoms with Gasteiger partial charge in [0, 0.05) is 12.7 Å². The fraction of sp³-hybridized carbons (Fsp3) is 0.400. The summed E-state index contributed by atoms with van der Waals surface area (Å²) in [6.45, 7) is 4.15. The van der Waals surface area contributed by atoms with E-state index >= 15 is 0 Å². The van der Waals surface area contributed by atoms with E-state index in [4.69, 9.17) is 9.47 Å². The van der Waals surface area contributed by atoms with E-state index < -0.39 is 0 Å². The van der Waals surface area contributed by atoms with Crippen molar-refractivity contribution >= 4 is 16.6 Å². The fourth-order valence-electron chi connectivity index (χ4n) is 2.52. The summed E-state index contributed by atoms with van der Waals surface area (Å²) in [5, 5.41) is 4.26. The average Bonchev–Trinajstić information content (AvgIpc) is 2.44. The molecule has 4 heteroatoms. The molecule has 0 amide bonds. The molecule has 2 rings (SSSR count). The summed E-state index contributed by atoms with van der Waals surface area (Å²) in [5.74, 6) is 1.57. The number of rotatable bonds is 4. The Balaban J connectivity index is 2.96. The van der Waals surface area contributed by atoms with Crippen molar-refractivity contribution in [3.63, 3.8) is 0 Å². The van der Waals surface area contributed by atoms with Crippen LogP contribution >= 0.6 is 0 Å². The molecule has 0 unspecified atom stereocenters. The molecule has 0 spiro atoms. The van der Waals surface area contributed by atoms with Gasteiger partial charge in [0.05, 0.1) is 25.3 Å². The van der Waals surface area contributed by atoms with Crippen LogP contribution in [0.5, 0.6) is 11.5 Å². The van der Waals surface area contributed by atoms with Crippen LogP contribution in [0.25, 0.3) is 10.9 Å². The van der Waals surface area contributed by atoms with Crippen LogP contribution in [0.1, 0.15) is 18.2 Å². The van der Waals surface area contributed by atoms with Crippen LogP contribution in [-0.2, 0) is 6.42 Å². The molecule has 0 aliphatic carbocycles. The highest BCUT2D eigenvalue weighted by atomic mass is 16.5. The highest BCUT2D eigenvalue weighted by Crippen LogP contribution is 2.39. The van der Waals surface area contributed by atoms with Crippen LogP contribution in [0.3, 0.4) is 0 Å². The smallest absolute Gasteiger partial charge is 0.145 e. The number of nitrogens with zero attached hydrogens (tertiary/aromatic N) is 1. The van der Waals surface area contributed by atoms with Gasteiger partial charge < -0.3 is 14.8 Å². The molecule has 0 bridgehead atoms. The molecule has 1 aromatic carbocycles. The molecule has 0 saturated carbocycles. The third-order valence-corrected chi connectivity index (χ3v) is 3.41. The third-order valence-electron chi connectivity index (χ3n) is 3.41. The summed E-state index contributed by atoms with van der Waals surface area (Å²) in [7, 11) is 5.25. The van der Waals surface area contributed by atoms with Gasteiger partial charge in [-0.15, -0.1) is 0 Å². The largest absolute Gasteiger partial charge is 0.496 e. The first-order chi connectivity index (χ1) is 9.17. The van der Waals surface area contributed by atoms with E-state index in [0.29, 0.717) is 0 Å². The lowest BCUT2D eigenvalue weighted by Gasteiger charge is -2.17. The van der Waals surface area contributed by atoms with Crippen molar-refractivity contribution in [1.82, 2.24) is 4.98 Å². The van der Waals surface area contributed by atoms with E-state index in [0.717, 1.165) is 40.2 Å². The zero-order chi connectivity index (χ0) is 14.0. The molecule has 1 N–H and O–H groups in total. The molecule has 0 aliphatic heterocycles. The quantitative estimate of drug-likeness (QED) is 0.917. The molecule has 102 valence electrons. The van der Waals surface area contributed by atoms with Crippen molar-refractivity contribution in [3.05, 3.63) is 23.4 Å². The van der Waals surface area contributed by atoms with Crippen LogP contribution in [-0.4, -0.2) is 26.3 Å². The maximum absolute atomic E-state index is 5.47. The van der Waals surface area contributed by atoms with Gasteiger partial charge in [0.15, 0.2) is 0 Å². The van der Waals surface area contributed by atoms with Crippen molar-refractivity contribution in [1.29, 1.82) is 0 Å². The third kappa shape index (κ3) is 2.07. The number of aromatic nitrogens is 1. The van der Waals surface area contributed by atoms with Gasteiger partial charge in [0.2, 0.25) is 0 Å². The molecule has 2 aromatic rings. The van der Waals surface area contributed by atoms with Crippen molar-refractivity contribution in [3.8, 4) is 11.5 Å². The van der Waals surface area contributed by atoms with E-state index in [2.05, 4.69) is 17.2 Å². The summed E-state index contributed by atoms with van der Waals surface area (Å²) < 4.78 is 10.9. The van der Waals surface area contributed by atoms with Crippen LogP contribution in [0, 0.1) is 6.92 Å². The Labute approximate surface area is 113 Å². The van der Waals surface area contributed by atoms with E-state index in [9.17, 15) is 0 Å². The van der Waals surface area contributed by atoms with Crippen molar-refractivity contribution in [2.45, 2.75) is 20.3 Å². The predicted octanol–water partition coefficient (Wildman–Crippen LogP) is 3.16. The van der Waals surface area contributed by atoms with Crippen molar-refractivity contribution < 1.29 is 9.47 Å². The Morgan fingerprint density at radius 1 is 1.16 bits per heavy atom. The zero-order valence-electron chi connectivity index (χ0n) is 12.1. The number of hydrogen-bond donors (Lipinski definition) is 1. The maximum Gasteiger partial charge on any atom is 0.145 e. The SMILES string of the molecule is CCc1c(C)nc2c(OC)ccc(OC)c2c1NC. The highest BCUT2D eigenvalue weighted by molar-refractivity contribution is 6.01. The second kappa shape index (κ2) is 5.34. The Hall–Kier alpha value is -1.97. The lowest BCUT2D eigenvalue weighted by atomic mass is 10.0. The van der Waals surface area contributed by atoms with E-state index in [1.165, 1.54) is 5.56 Å². The Kier molecular flexibility index (Phi) is 3.79. The average molecular weight is 260 g/mol. The first-order valence-electron chi connectivity index (χ1n) is 6.39. The van der Waals surface area contributed by atoms with Gasteiger partial charge >= 0.3 is 0 Å². The fourth-order valence-corrected chi connectivity index (χ4v) is 2.52. The van der Waals surface area contributed by atoms with Gasteiger partial charge in [-0.3, -0.25) is 0 Å². The summed E-state index contributed by atoms with van der Waals surface area (Å²) >= 11 is 0. The Morgan fingerprint density at radius 2 is 1.79 bits per heavy atom. The molecule has 4 nitrogen and oxygen atoms in total. The minimum Gasteiger partial charge on any atom is -0.496 e. The number of benzene rings is 1. The van der Waals surface area contributed by atoms with Crippen LogP contribution < -0.4 is 14.8 Å². The summed E-state index contributed by atoms with van der Waals surface area (Å²) in [6.07, 6.45) is 0.922. The summed E-state index contributed by atoms with van der Waals surface area (Å²) in [5.41, 5.74) is 4.13. The van der Waals surface area contributed by atoms with Crippen LogP contribution in [0.4, 0.5) is 5.69 Å². The standard InChI is InChI=1S/C15H20N2O2/c1-6-10-9(2)17-15-12(19-5)8-7-11(18-4)13(15)14(10)16-3/h7-8H,6H2,1-5H3,(H,16,17). The van der Waals surface area contributed by atoms with E-state index in [1.54, 1.807) is 14.2 Å². The van der Waals surface area contributed by atoms with Crippen molar-refractivity contribution in [2.75, 3.05) is 26.6 Å². The maximum atomic E-state index is 5.47. The molecular formula is C15H20N2O2. The lowest BCUT2D eigenvalue weighted by Crippen LogP contribution is -2.03.